The van der Waals surface area contributed by atoms with E-state index in [1.807, 2.05) is 39.0 Å². The van der Waals surface area contributed by atoms with Gasteiger partial charge in [-0.3, -0.25) is 4.79 Å². The molecular weight excluding hydrogens is 356 g/mol. The molecule has 146 valence electrons. The molecule has 0 N–H and O–H groups in total. The molecule has 7 nitrogen and oxygen atoms in total. The number of rotatable bonds is 7. The minimum atomic E-state index is -0.990. The van der Waals surface area contributed by atoms with Gasteiger partial charge in [-0.25, -0.2) is 9.48 Å². The fourth-order valence-corrected chi connectivity index (χ4v) is 3.10. The van der Waals surface area contributed by atoms with Crippen LogP contribution in [0.2, 0.25) is 0 Å². The Labute approximate surface area is 163 Å². The lowest BCUT2D eigenvalue weighted by Crippen LogP contribution is -2.36. The van der Waals surface area contributed by atoms with Crippen molar-refractivity contribution in [3.8, 4) is 0 Å². The van der Waals surface area contributed by atoms with E-state index in [9.17, 15) is 9.59 Å². The van der Waals surface area contributed by atoms with Crippen LogP contribution in [0, 0.1) is 0 Å². The lowest BCUT2D eigenvalue weighted by molar-refractivity contribution is -0.140. The van der Waals surface area contributed by atoms with Crippen molar-refractivity contribution < 1.29 is 14.3 Å². The quantitative estimate of drug-likeness (QED) is 0.588. The Balaban J connectivity index is 1.89. The fraction of sp³-hybridized carbons (Fsp3) is 0.333. The van der Waals surface area contributed by atoms with Crippen LogP contribution in [-0.2, 0) is 16.1 Å². The maximum absolute atomic E-state index is 13.0. The Morgan fingerprint density at radius 2 is 1.79 bits per heavy atom. The number of carbonyl (C=O) groups excluding carboxylic acids is 2. The van der Waals surface area contributed by atoms with Crippen LogP contribution in [0.4, 0.5) is 0 Å². The molecule has 2 aromatic carbocycles. The summed E-state index contributed by atoms with van der Waals surface area (Å²) in [5.41, 5.74) is 2.44. The number of esters is 1. The van der Waals surface area contributed by atoms with Gasteiger partial charge >= 0.3 is 5.97 Å². The molecule has 7 heteroatoms. The predicted molar refractivity (Wildman–Crippen MR) is 106 cm³/mol. The number of aryl methyl sites for hydroxylation is 1. The van der Waals surface area contributed by atoms with Crippen molar-refractivity contribution in [3.05, 3.63) is 59.7 Å². The van der Waals surface area contributed by atoms with Crippen molar-refractivity contribution >= 4 is 22.9 Å². The summed E-state index contributed by atoms with van der Waals surface area (Å²) >= 11 is 0. The molecule has 1 aromatic heterocycles. The molecule has 3 aromatic rings. The third-order valence-electron chi connectivity index (χ3n) is 4.68. The van der Waals surface area contributed by atoms with E-state index in [0.29, 0.717) is 36.3 Å². The highest BCUT2D eigenvalue weighted by Crippen LogP contribution is 2.23. The molecule has 0 fully saturated rings. The Morgan fingerprint density at radius 3 is 2.43 bits per heavy atom. The van der Waals surface area contributed by atoms with Gasteiger partial charge in [-0.1, -0.05) is 35.5 Å². The molecule has 0 radical (unpaired) electrons. The van der Waals surface area contributed by atoms with Crippen LogP contribution in [0.15, 0.2) is 48.5 Å². The van der Waals surface area contributed by atoms with E-state index in [2.05, 4.69) is 10.3 Å². The monoisotopic (exact) mass is 380 g/mol. The zero-order chi connectivity index (χ0) is 20.1. The maximum atomic E-state index is 13.0. The number of benzene rings is 2. The predicted octanol–water partition coefficient (Wildman–Crippen LogP) is 3.22. The van der Waals surface area contributed by atoms with Crippen molar-refractivity contribution in [3.63, 3.8) is 0 Å². The molecule has 0 aliphatic carbocycles. The van der Waals surface area contributed by atoms with E-state index < -0.39 is 12.1 Å². The van der Waals surface area contributed by atoms with Crippen LogP contribution in [0.1, 0.15) is 42.8 Å². The van der Waals surface area contributed by atoms with Crippen molar-refractivity contribution in [2.45, 2.75) is 33.4 Å². The van der Waals surface area contributed by atoms with Crippen molar-refractivity contribution in [1.29, 1.82) is 0 Å². The molecular formula is C21H24N4O3. The van der Waals surface area contributed by atoms with Gasteiger partial charge in [-0.2, -0.15) is 0 Å². The van der Waals surface area contributed by atoms with Gasteiger partial charge < -0.3 is 9.64 Å². The van der Waals surface area contributed by atoms with Crippen molar-refractivity contribution in [2.24, 2.45) is 0 Å². The number of ether oxygens (including phenoxy) is 1. The summed E-state index contributed by atoms with van der Waals surface area (Å²) in [6, 6.07) is 14.2. The zero-order valence-electron chi connectivity index (χ0n) is 16.3. The summed E-state index contributed by atoms with van der Waals surface area (Å²) in [7, 11) is 0. The second-order valence-electron chi connectivity index (χ2n) is 6.32. The van der Waals surface area contributed by atoms with E-state index in [1.54, 1.807) is 39.9 Å². The van der Waals surface area contributed by atoms with Gasteiger partial charge in [0.25, 0.3) is 5.91 Å². The van der Waals surface area contributed by atoms with E-state index >= 15 is 0 Å². The van der Waals surface area contributed by atoms with Gasteiger partial charge in [-0.15, -0.1) is 5.10 Å². The average Bonchev–Trinajstić information content (AvgIpc) is 3.15. The Morgan fingerprint density at radius 1 is 1.07 bits per heavy atom. The summed E-state index contributed by atoms with van der Waals surface area (Å²) in [5, 5.41) is 8.14. The molecule has 1 amide bonds. The highest BCUT2D eigenvalue weighted by molar-refractivity contribution is 5.95. The van der Waals surface area contributed by atoms with Crippen LogP contribution >= 0.6 is 0 Å². The highest BCUT2D eigenvalue weighted by Gasteiger charge is 2.29. The van der Waals surface area contributed by atoms with Crippen molar-refractivity contribution in [1.82, 2.24) is 19.9 Å². The number of fused-ring (bicyclic) bond motifs is 1. The van der Waals surface area contributed by atoms with E-state index in [-0.39, 0.29) is 5.91 Å². The first-order valence-corrected chi connectivity index (χ1v) is 9.46. The largest absolute Gasteiger partial charge is 0.444 e. The molecule has 28 heavy (non-hydrogen) atoms. The normalized spacial score (nSPS) is 12.0. The summed E-state index contributed by atoms with van der Waals surface area (Å²) in [6.07, 6.45) is -0.990. The van der Waals surface area contributed by atoms with Gasteiger partial charge in [-0.05, 0) is 39.0 Å². The van der Waals surface area contributed by atoms with E-state index in [1.165, 1.54) is 0 Å². The van der Waals surface area contributed by atoms with Crippen LogP contribution in [0.5, 0.6) is 0 Å². The minimum Gasteiger partial charge on any atom is -0.444 e. The molecule has 0 unspecified atom stereocenters. The number of hydrogen-bond donors (Lipinski definition) is 0. The van der Waals surface area contributed by atoms with Gasteiger partial charge in [0.15, 0.2) is 0 Å². The first kappa shape index (κ1) is 19.5. The SMILES string of the molecule is CCN(CC)C(=O)[C@H](OC(=O)c1ccc2c(c1)nnn2CC)c1ccccc1. The highest BCUT2D eigenvalue weighted by atomic mass is 16.5. The standard InChI is InChI=1S/C21H24N4O3/c1-4-24(5-2)20(26)19(15-10-8-7-9-11-15)28-21(27)16-12-13-18-17(14-16)22-23-25(18)6-3/h7-14,19H,4-6H2,1-3H3/t19-/m1/s1. The Kier molecular flexibility index (Phi) is 6.03. The molecule has 3 rings (SSSR count). The third-order valence-corrected chi connectivity index (χ3v) is 4.68. The zero-order valence-corrected chi connectivity index (χ0v) is 16.3. The lowest BCUT2D eigenvalue weighted by Gasteiger charge is -2.25. The number of aromatic nitrogens is 3. The lowest BCUT2D eigenvalue weighted by atomic mass is 10.1. The Bertz CT molecular complexity index is 964. The minimum absolute atomic E-state index is 0.234. The van der Waals surface area contributed by atoms with E-state index in [4.69, 9.17) is 4.74 Å². The summed E-state index contributed by atoms with van der Waals surface area (Å²) in [5.74, 6) is -0.801. The molecule has 1 atom stereocenters. The topological polar surface area (TPSA) is 77.3 Å². The van der Waals surface area contributed by atoms with Crippen LogP contribution in [0.3, 0.4) is 0 Å². The van der Waals surface area contributed by atoms with E-state index in [0.717, 1.165) is 5.52 Å². The van der Waals surface area contributed by atoms with Crippen molar-refractivity contribution in [2.75, 3.05) is 13.1 Å². The van der Waals surface area contributed by atoms with Gasteiger partial charge in [0.1, 0.15) is 5.52 Å². The maximum Gasteiger partial charge on any atom is 0.339 e. The average molecular weight is 380 g/mol. The number of hydrogen-bond acceptors (Lipinski definition) is 5. The third kappa shape index (κ3) is 3.88. The fourth-order valence-electron chi connectivity index (χ4n) is 3.10. The van der Waals surface area contributed by atoms with Gasteiger partial charge in [0.2, 0.25) is 6.10 Å². The first-order valence-electron chi connectivity index (χ1n) is 9.46. The second-order valence-corrected chi connectivity index (χ2v) is 6.32. The van der Waals surface area contributed by atoms with Gasteiger partial charge in [0, 0.05) is 25.2 Å². The molecule has 0 spiro atoms. The van der Waals surface area contributed by atoms with Crippen LogP contribution in [-0.4, -0.2) is 44.9 Å². The summed E-state index contributed by atoms with van der Waals surface area (Å²) in [4.78, 5) is 27.4. The summed E-state index contributed by atoms with van der Waals surface area (Å²) in [6.45, 7) is 7.55. The molecule has 0 aliphatic rings. The second kappa shape index (κ2) is 8.65. The van der Waals surface area contributed by atoms with Gasteiger partial charge in [0.05, 0.1) is 11.1 Å². The summed E-state index contributed by atoms with van der Waals surface area (Å²) < 4.78 is 7.42. The number of nitrogens with zero attached hydrogens (tertiary/aromatic N) is 4. The molecule has 1 heterocycles. The first-order chi connectivity index (χ1) is 13.6. The molecule has 0 bridgehead atoms. The number of likely N-dealkylation sites (N-methyl/N-ethyl adjacent to an activating group) is 1. The smallest absolute Gasteiger partial charge is 0.339 e. The van der Waals surface area contributed by atoms with Crippen LogP contribution < -0.4 is 0 Å². The van der Waals surface area contributed by atoms with Crippen LogP contribution in [0.25, 0.3) is 11.0 Å². The number of carbonyl (C=O) groups is 2. The number of amides is 1. The molecule has 0 aliphatic heterocycles. The Hall–Kier alpha value is -3.22. The molecule has 0 saturated carbocycles. The molecule has 0 saturated heterocycles.